The minimum atomic E-state index is -0.439. The molecule has 1 fully saturated rings. The molecule has 30 heavy (non-hydrogen) atoms. The van der Waals surface area contributed by atoms with Crippen LogP contribution in [-0.2, 0) is 6.42 Å². The lowest BCUT2D eigenvalue weighted by Gasteiger charge is -2.35. The summed E-state index contributed by atoms with van der Waals surface area (Å²) in [6.45, 7) is 3.43. The zero-order valence-corrected chi connectivity index (χ0v) is 17.2. The Labute approximate surface area is 179 Å². The molecule has 0 saturated carbocycles. The highest BCUT2D eigenvalue weighted by atomic mass is 35.5. The third kappa shape index (κ3) is 4.20. The Bertz CT molecular complexity index is 1040. The van der Waals surface area contributed by atoms with E-state index >= 15 is 0 Å². The number of rotatable bonds is 4. The Morgan fingerprint density at radius 3 is 2.73 bits per heavy atom. The summed E-state index contributed by atoms with van der Waals surface area (Å²) in [7, 11) is 0. The molecule has 1 aliphatic heterocycles. The number of para-hydroxylation sites is 1. The number of nitrogens with zero attached hydrogens (tertiary/aromatic N) is 4. The van der Waals surface area contributed by atoms with Crippen LogP contribution in [0.15, 0.2) is 48.5 Å². The molecule has 1 saturated heterocycles. The van der Waals surface area contributed by atoms with Crippen LogP contribution < -0.4 is 5.32 Å². The molecule has 0 radical (unpaired) electrons. The molecule has 4 rings (SSSR count). The van der Waals surface area contributed by atoms with Crippen LogP contribution in [0.3, 0.4) is 0 Å². The summed E-state index contributed by atoms with van der Waals surface area (Å²) in [6.07, 6.45) is 0.490. The fourth-order valence-electron chi connectivity index (χ4n) is 3.57. The molecule has 1 N–H and O–H groups in total. The van der Waals surface area contributed by atoms with Crippen LogP contribution in [0.5, 0.6) is 0 Å². The maximum absolute atomic E-state index is 14.3. The fourth-order valence-corrected chi connectivity index (χ4v) is 3.57. The summed E-state index contributed by atoms with van der Waals surface area (Å²) in [5.74, 6) is -0.642. The number of nitrogens with one attached hydrogen (secondary N) is 1. The van der Waals surface area contributed by atoms with Crippen molar-refractivity contribution in [3.63, 3.8) is 0 Å². The molecular weight excluding hydrogens is 412 g/mol. The van der Waals surface area contributed by atoms with Gasteiger partial charge in [-0.15, -0.1) is 17.5 Å². The lowest BCUT2D eigenvalue weighted by atomic mass is 10.0. The van der Waals surface area contributed by atoms with Crippen LogP contribution in [0.4, 0.5) is 8.78 Å². The van der Waals surface area contributed by atoms with E-state index in [0.717, 1.165) is 0 Å². The largest absolute Gasteiger partial charge is 0.326 e. The van der Waals surface area contributed by atoms with Gasteiger partial charge in [0.05, 0.1) is 6.04 Å². The van der Waals surface area contributed by atoms with Crippen molar-refractivity contribution in [2.24, 2.45) is 0 Å². The second-order valence-corrected chi connectivity index (χ2v) is 6.84. The van der Waals surface area contributed by atoms with Gasteiger partial charge in [-0.25, -0.2) is 18.4 Å². The van der Waals surface area contributed by atoms with Gasteiger partial charge in [-0.05, 0) is 29.8 Å². The van der Waals surface area contributed by atoms with Gasteiger partial charge in [0.15, 0.2) is 0 Å². The van der Waals surface area contributed by atoms with E-state index in [9.17, 15) is 13.6 Å². The van der Waals surface area contributed by atoms with Crippen molar-refractivity contribution in [3.8, 4) is 5.69 Å². The summed E-state index contributed by atoms with van der Waals surface area (Å²) < 4.78 is 29.3. The summed E-state index contributed by atoms with van der Waals surface area (Å²) in [5.41, 5.74) is 0.952. The first-order valence-electron chi connectivity index (χ1n) is 9.56. The Balaban J connectivity index is 0.00000256. The van der Waals surface area contributed by atoms with Crippen LogP contribution in [0, 0.1) is 11.6 Å². The van der Waals surface area contributed by atoms with Crippen molar-refractivity contribution >= 4 is 18.3 Å². The molecule has 1 aliphatic rings. The third-order valence-corrected chi connectivity index (χ3v) is 5.00. The van der Waals surface area contributed by atoms with E-state index in [-0.39, 0.29) is 41.7 Å². The smallest absolute Gasteiger partial charge is 0.294 e. The zero-order valence-electron chi connectivity index (χ0n) is 16.4. The number of amides is 1. The molecule has 2 aromatic carbocycles. The number of carbonyl (C=O) groups is 1. The van der Waals surface area contributed by atoms with Crippen LogP contribution in [0.1, 0.15) is 35.0 Å². The highest BCUT2D eigenvalue weighted by Crippen LogP contribution is 2.25. The molecule has 0 aliphatic carbocycles. The first-order chi connectivity index (χ1) is 14.1. The average Bonchev–Trinajstić information content (AvgIpc) is 3.18. The standard InChI is InChI=1S/C21H21F2N5O.ClH/c1-2-19-25-20(26-28(19)17-9-4-3-8-16(17)23)21(29)27-11-10-24-13-18(27)14-6-5-7-15(22)12-14;/h3-9,12,18,24H,2,10-11,13H2,1H3;1H. The van der Waals surface area contributed by atoms with E-state index in [1.165, 1.54) is 22.9 Å². The van der Waals surface area contributed by atoms with Crippen LogP contribution in [-0.4, -0.2) is 45.2 Å². The Kier molecular flexibility index (Phi) is 6.79. The molecule has 6 nitrogen and oxygen atoms in total. The quantitative estimate of drug-likeness (QED) is 0.685. The van der Waals surface area contributed by atoms with Gasteiger partial charge in [-0.1, -0.05) is 31.2 Å². The van der Waals surface area contributed by atoms with E-state index in [1.807, 2.05) is 6.92 Å². The number of carbonyl (C=O) groups excluding carboxylic acids is 1. The van der Waals surface area contributed by atoms with Crippen molar-refractivity contribution in [1.82, 2.24) is 25.0 Å². The molecule has 0 bridgehead atoms. The predicted octanol–water partition coefficient (Wildman–Crippen LogP) is 3.32. The fraction of sp³-hybridized carbons (Fsp3) is 0.286. The van der Waals surface area contributed by atoms with Gasteiger partial charge in [0.2, 0.25) is 5.82 Å². The van der Waals surface area contributed by atoms with Gasteiger partial charge in [0, 0.05) is 26.1 Å². The molecule has 0 spiro atoms. The lowest BCUT2D eigenvalue weighted by Crippen LogP contribution is -2.49. The Morgan fingerprint density at radius 2 is 2.00 bits per heavy atom. The van der Waals surface area contributed by atoms with Gasteiger partial charge >= 0.3 is 0 Å². The number of aryl methyl sites for hydroxylation is 1. The Hall–Kier alpha value is -2.84. The van der Waals surface area contributed by atoms with Crippen molar-refractivity contribution in [1.29, 1.82) is 0 Å². The first-order valence-corrected chi connectivity index (χ1v) is 9.56. The number of benzene rings is 2. The van der Waals surface area contributed by atoms with E-state index in [2.05, 4.69) is 15.4 Å². The topological polar surface area (TPSA) is 63.1 Å². The SMILES string of the molecule is CCc1nc(C(=O)N2CCNCC2c2cccc(F)c2)nn1-c1ccccc1F.Cl. The highest BCUT2D eigenvalue weighted by molar-refractivity contribution is 5.91. The van der Waals surface area contributed by atoms with Crippen molar-refractivity contribution in [2.75, 3.05) is 19.6 Å². The second-order valence-electron chi connectivity index (χ2n) is 6.84. The van der Waals surface area contributed by atoms with E-state index in [1.54, 1.807) is 35.2 Å². The molecule has 1 aromatic heterocycles. The van der Waals surface area contributed by atoms with Crippen LogP contribution in [0.2, 0.25) is 0 Å². The summed E-state index contributed by atoms with van der Waals surface area (Å²) in [4.78, 5) is 19.2. The second kappa shape index (κ2) is 9.32. The van der Waals surface area contributed by atoms with Crippen molar-refractivity contribution in [2.45, 2.75) is 19.4 Å². The normalized spacial score (nSPS) is 16.2. The van der Waals surface area contributed by atoms with Crippen molar-refractivity contribution < 1.29 is 13.6 Å². The van der Waals surface area contributed by atoms with E-state index in [4.69, 9.17) is 0 Å². The lowest BCUT2D eigenvalue weighted by molar-refractivity contribution is 0.0621. The highest BCUT2D eigenvalue weighted by Gasteiger charge is 2.31. The zero-order chi connectivity index (χ0) is 20.4. The van der Waals surface area contributed by atoms with Gasteiger partial charge in [-0.2, -0.15) is 0 Å². The minimum absolute atomic E-state index is 0. The Morgan fingerprint density at radius 1 is 1.20 bits per heavy atom. The van der Waals surface area contributed by atoms with Gasteiger partial charge in [0.25, 0.3) is 5.91 Å². The molecule has 158 valence electrons. The van der Waals surface area contributed by atoms with Crippen LogP contribution >= 0.6 is 12.4 Å². The summed E-state index contributed by atoms with van der Waals surface area (Å²) in [6, 6.07) is 12.1. The monoisotopic (exact) mass is 433 g/mol. The molecule has 1 amide bonds. The van der Waals surface area contributed by atoms with Gasteiger partial charge < -0.3 is 10.2 Å². The molecule has 9 heteroatoms. The predicted molar refractivity (Wildman–Crippen MR) is 111 cm³/mol. The average molecular weight is 434 g/mol. The van der Waals surface area contributed by atoms with Crippen LogP contribution in [0.25, 0.3) is 5.69 Å². The minimum Gasteiger partial charge on any atom is -0.326 e. The number of aromatic nitrogens is 3. The van der Waals surface area contributed by atoms with Gasteiger partial charge in [0.1, 0.15) is 23.1 Å². The third-order valence-electron chi connectivity index (χ3n) is 5.00. The summed E-state index contributed by atoms with van der Waals surface area (Å²) in [5, 5.41) is 7.55. The molecular formula is C21H22ClF2N5O. The maximum atomic E-state index is 14.3. The molecule has 3 aromatic rings. The van der Waals surface area contributed by atoms with E-state index < -0.39 is 5.82 Å². The summed E-state index contributed by atoms with van der Waals surface area (Å²) >= 11 is 0. The molecule has 1 atom stereocenters. The van der Waals surface area contributed by atoms with Gasteiger partial charge in [-0.3, -0.25) is 4.79 Å². The van der Waals surface area contributed by atoms with E-state index in [0.29, 0.717) is 37.4 Å². The maximum Gasteiger partial charge on any atom is 0.294 e. The molecule has 1 unspecified atom stereocenters. The van der Waals surface area contributed by atoms with Crippen molar-refractivity contribution in [3.05, 3.63) is 77.4 Å². The first kappa shape index (κ1) is 21.9. The number of halogens is 3. The number of hydrogen-bond acceptors (Lipinski definition) is 4. The number of hydrogen-bond donors (Lipinski definition) is 1. The molecule has 2 heterocycles. The number of piperazine rings is 1.